The summed E-state index contributed by atoms with van der Waals surface area (Å²) >= 11 is 0. The van der Waals surface area contributed by atoms with Gasteiger partial charge in [0.15, 0.2) is 0 Å². The average Bonchev–Trinajstić information content (AvgIpc) is 2.79. The Morgan fingerprint density at radius 1 is 1.43 bits per heavy atom. The predicted octanol–water partition coefficient (Wildman–Crippen LogP) is 0.404. The van der Waals surface area contributed by atoms with Gasteiger partial charge in [-0.3, -0.25) is 4.79 Å². The van der Waals surface area contributed by atoms with Crippen LogP contribution in [0.15, 0.2) is 29.2 Å². The van der Waals surface area contributed by atoms with Crippen LogP contribution in [0, 0.1) is 5.92 Å². The van der Waals surface area contributed by atoms with E-state index in [0.717, 1.165) is 13.1 Å². The van der Waals surface area contributed by atoms with Gasteiger partial charge >= 0.3 is 0 Å². The van der Waals surface area contributed by atoms with Crippen molar-refractivity contribution in [2.24, 2.45) is 11.7 Å². The molecule has 116 valence electrons. The summed E-state index contributed by atoms with van der Waals surface area (Å²) in [5.74, 6) is -0.391. The van der Waals surface area contributed by atoms with Gasteiger partial charge in [0.2, 0.25) is 15.9 Å². The third kappa shape index (κ3) is 3.61. The normalized spacial score (nSPS) is 23.3. The van der Waals surface area contributed by atoms with Crippen LogP contribution in [0.4, 0.5) is 0 Å². The van der Waals surface area contributed by atoms with E-state index in [1.165, 1.54) is 24.3 Å². The molecule has 6 nitrogen and oxygen atoms in total. The second-order valence-corrected chi connectivity index (χ2v) is 7.16. The molecule has 0 spiro atoms. The number of benzene rings is 1. The van der Waals surface area contributed by atoms with Crippen molar-refractivity contribution in [2.45, 2.75) is 24.8 Å². The van der Waals surface area contributed by atoms with Gasteiger partial charge in [0.1, 0.15) is 0 Å². The first-order valence-corrected chi connectivity index (χ1v) is 8.46. The Labute approximate surface area is 125 Å². The summed E-state index contributed by atoms with van der Waals surface area (Å²) in [5.41, 5.74) is 5.37. The highest BCUT2D eigenvalue weighted by Gasteiger charge is 2.32. The molecule has 2 rings (SSSR count). The van der Waals surface area contributed by atoms with Crippen LogP contribution in [0.1, 0.15) is 24.2 Å². The molecule has 2 atom stereocenters. The molecule has 1 heterocycles. The number of likely N-dealkylation sites (N-methyl/N-ethyl adjacent to an activating group) is 1. The van der Waals surface area contributed by atoms with Gasteiger partial charge in [-0.05, 0) is 30.7 Å². The Hall–Kier alpha value is -1.44. The third-order valence-corrected chi connectivity index (χ3v) is 5.36. The van der Waals surface area contributed by atoms with Crippen molar-refractivity contribution in [3.05, 3.63) is 29.8 Å². The Morgan fingerprint density at radius 3 is 2.71 bits per heavy atom. The molecule has 3 N–H and O–H groups in total. The number of primary amides is 1. The zero-order chi connectivity index (χ0) is 15.6. The fourth-order valence-corrected chi connectivity index (χ4v) is 3.94. The number of nitrogens with two attached hydrogens (primary N) is 1. The monoisotopic (exact) mass is 311 g/mol. The largest absolute Gasteiger partial charge is 0.366 e. The highest BCUT2D eigenvalue weighted by Crippen LogP contribution is 2.19. The van der Waals surface area contributed by atoms with Crippen LogP contribution >= 0.6 is 0 Å². The Kier molecular flexibility index (Phi) is 4.65. The molecule has 1 aromatic rings. The van der Waals surface area contributed by atoms with Crippen LogP contribution < -0.4 is 10.5 Å². The smallest absolute Gasteiger partial charge is 0.248 e. The number of nitrogens with zero attached hydrogens (tertiary/aromatic N) is 1. The molecule has 0 unspecified atom stereocenters. The third-order valence-electron chi connectivity index (χ3n) is 3.87. The van der Waals surface area contributed by atoms with E-state index in [-0.39, 0.29) is 22.4 Å². The number of hydrogen-bond donors (Lipinski definition) is 2. The van der Waals surface area contributed by atoms with Gasteiger partial charge in [0.25, 0.3) is 0 Å². The van der Waals surface area contributed by atoms with Gasteiger partial charge in [0.05, 0.1) is 4.90 Å². The molecule has 0 radical (unpaired) electrons. The number of carbonyl (C=O) groups excluding carboxylic acids is 1. The summed E-state index contributed by atoms with van der Waals surface area (Å²) in [6, 6.07) is 5.67. The molecule has 0 aromatic heterocycles. The number of likely N-dealkylation sites (tertiary alicyclic amines) is 1. The topological polar surface area (TPSA) is 92.5 Å². The quantitative estimate of drug-likeness (QED) is 0.823. The molecule has 1 aliphatic rings. The van der Waals surface area contributed by atoms with E-state index >= 15 is 0 Å². The first-order valence-electron chi connectivity index (χ1n) is 6.98. The van der Waals surface area contributed by atoms with E-state index in [1.54, 1.807) is 0 Å². The molecule has 1 saturated heterocycles. The van der Waals surface area contributed by atoms with E-state index < -0.39 is 15.9 Å². The van der Waals surface area contributed by atoms with Crippen molar-refractivity contribution in [1.29, 1.82) is 0 Å². The van der Waals surface area contributed by atoms with Crippen molar-refractivity contribution in [3.8, 4) is 0 Å². The fourth-order valence-electron chi connectivity index (χ4n) is 2.56. The van der Waals surface area contributed by atoms with Gasteiger partial charge < -0.3 is 10.6 Å². The number of amides is 1. The van der Waals surface area contributed by atoms with Crippen LogP contribution in [0.2, 0.25) is 0 Å². The first-order chi connectivity index (χ1) is 9.83. The molecular weight excluding hydrogens is 290 g/mol. The van der Waals surface area contributed by atoms with E-state index in [9.17, 15) is 13.2 Å². The maximum absolute atomic E-state index is 12.4. The number of carbonyl (C=O) groups is 1. The second kappa shape index (κ2) is 6.13. The molecular formula is C14H21N3O3S. The van der Waals surface area contributed by atoms with Crippen LogP contribution in [-0.2, 0) is 10.0 Å². The summed E-state index contributed by atoms with van der Waals surface area (Å²) in [4.78, 5) is 13.4. The van der Waals surface area contributed by atoms with Crippen LogP contribution in [0.5, 0.6) is 0 Å². The van der Waals surface area contributed by atoms with E-state index in [4.69, 9.17) is 5.73 Å². The highest BCUT2D eigenvalue weighted by atomic mass is 32.2. The lowest BCUT2D eigenvalue weighted by atomic mass is 10.1. The zero-order valence-corrected chi connectivity index (χ0v) is 13.1. The Balaban J connectivity index is 2.19. The summed E-state index contributed by atoms with van der Waals surface area (Å²) < 4.78 is 27.6. The minimum Gasteiger partial charge on any atom is -0.366 e. The Morgan fingerprint density at radius 2 is 2.14 bits per heavy atom. The zero-order valence-electron chi connectivity index (χ0n) is 12.2. The lowest BCUT2D eigenvalue weighted by molar-refractivity contribution is 0.1000. The Bertz CT molecular complexity index is 630. The molecule has 7 heteroatoms. The van der Waals surface area contributed by atoms with Crippen molar-refractivity contribution >= 4 is 15.9 Å². The van der Waals surface area contributed by atoms with E-state index in [2.05, 4.69) is 16.5 Å². The molecule has 21 heavy (non-hydrogen) atoms. The van der Waals surface area contributed by atoms with Gasteiger partial charge in [-0.15, -0.1) is 0 Å². The average molecular weight is 311 g/mol. The molecule has 1 aromatic carbocycles. The maximum Gasteiger partial charge on any atom is 0.248 e. The van der Waals surface area contributed by atoms with Gasteiger partial charge in [0, 0.05) is 24.7 Å². The van der Waals surface area contributed by atoms with Crippen molar-refractivity contribution in [1.82, 2.24) is 9.62 Å². The van der Waals surface area contributed by atoms with Crippen LogP contribution in [-0.4, -0.2) is 44.9 Å². The molecule has 1 aliphatic heterocycles. The molecule has 0 bridgehead atoms. The summed E-state index contributed by atoms with van der Waals surface area (Å²) in [5, 5.41) is 0. The maximum atomic E-state index is 12.4. The molecule has 1 fully saturated rings. The minimum atomic E-state index is -3.65. The van der Waals surface area contributed by atoms with Crippen molar-refractivity contribution < 1.29 is 13.2 Å². The van der Waals surface area contributed by atoms with Gasteiger partial charge in [-0.1, -0.05) is 19.9 Å². The molecule has 1 amide bonds. The second-order valence-electron chi connectivity index (χ2n) is 5.45. The van der Waals surface area contributed by atoms with Crippen molar-refractivity contribution in [2.75, 3.05) is 19.6 Å². The summed E-state index contributed by atoms with van der Waals surface area (Å²) in [7, 11) is -3.65. The summed E-state index contributed by atoms with van der Waals surface area (Å²) in [6.45, 7) is 6.57. The SMILES string of the molecule is CCN1C[C@H](C)[C@H](NS(=O)(=O)c2cccc(C(N)=O)c2)C1. The predicted molar refractivity (Wildman–Crippen MR) is 80.3 cm³/mol. The molecule has 0 saturated carbocycles. The first kappa shape index (κ1) is 15.9. The standard InChI is InChI=1S/C14H21N3O3S/c1-3-17-8-10(2)13(9-17)16-21(19,20)12-6-4-5-11(7-12)14(15)18/h4-7,10,13,16H,3,8-9H2,1-2H3,(H2,15,18)/t10-,13+/m0/s1. The van der Waals surface area contributed by atoms with E-state index in [0.29, 0.717) is 6.54 Å². The number of hydrogen-bond acceptors (Lipinski definition) is 4. The van der Waals surface area contributed by atoms with Crippen LogP contribution in [0.25, 0.3) is 0 Å². The fraction of sp³-hybridized carbons (Fsp3) is 0.500. The van der Waals surface area contributed by atoms with E-state index in [1.807, 2.05) is 6.92 Å². The van der Waals surface area contributed by atoms with Gasteiger partial charge in [-0.2, -0.15) is 0 Å². The van der Waals surface area contributed by atoms with Gasteiger partial charge in [-0.25, -0.2) is 13.1 Å². The minimum absolute atomic E-state index is 0.0703. The highest BCUT2D eigenvalue weighted by molar-refractivity contribution is 7.89. The van der Waals surface area contributed by atoms with Crippen LogP contribution in [0.3, 0.4) is 0 Å². The lowest BCUT2D eigenvalue weighted by Gasteiger charge is -2.17. The lowest BCUT2D eigenvalue weighted by Crippen LogP contribution is -2.39. The molecule has 0 aliphatic carbocycles. The number of rotatable bonds is 5. The number of nitrogens with one attached hydrogen (secondary N) is 1. The summed E-state index contributed by atoms with van der Waals surface area (Å²) in [6.07, 6.45) is 0. The number of sulfonamides is 1. The van der Waals surface area contributed by atoms with Crippen molar-refractivity contribution in [3.63, 3.8) is 0 Å².